The number of hydrogen-bond acceptors (Lipinski definition) is 16. The standard InChI is InChI=1S/C59H79N11O7S/c1-39-54(78-38-63-39)41-22-20-40(21-23-41)34-62-57(75)51-32-46(72)37-69(51)58(76)55(59(2,3)4)64-53(74)19-8-6-5-7-14-45(71)15-12-27-67(28-26-60)29-30-77-47-16-11-13-42(31-47)70-43-24-25-44(70)36-68(35-43)50-33-49(65-66-56(50)61)48-17-9-10-18-52(48)73/h9-11,13,16-18,20-23,31,33,38,43-44,46,51,55,72-73H,5-8,12,14-15,19,24-30,32,34-37,60H2,1-4H3,(H2,61,66)(H,62,75)(H,64,74)/t43?,44?,46-,51+,55+/m1/s1. The molecule has 78 heavy (non-hydrogen) atoms. The van der Waals surface area contributed by atoms with Crippen LogP contribution < -0.4 is 36.6 Å². The second kappa shape index (κ2) is 26.8. The number of carbonyl (C=O) groups excluding carboxylic acids is 4. The summed E-state index contributed by atoms with van der Waals surface area (Å²) in [6, 6.07) is 24.1. The number of β-amino-alcohol motifs (C(OH)–C–C–N with tert-alkyl or cyclic N) is 1. The number of piperazine rings is 1. The summed E-state index contributed by atoms with van der Waals surface area (Å²) >= 11 is 1.58. The molecular weight excluding hydrogens is 1010 g/mol. The van der Waals surface area contributed by atoms with Crippen molar-refractivity contribution in [3.05, 3.63) is 95.6 Å². The van der Waals surface area contributed by atoms with Crippen molar-refractivity contribution in [2.45, 2.75) is 135 Å². The maximum absolute atomic E-state index is 14.1. The molecule has 3 aliphatic rings. The lowest BCUT2D eigenvalue weighted by Gasteiger charge is -2.43. The summed E-state index contributed by atoms with van der Waals surface area (Å²) in [5.74, 6) is 0.576. The zero-order chi connectivity index (χ0) is 55.3. The van der Waals surface area contributed by atoms with Gasteiger partial charge >= 0.3 is 0 Å². The van der Waals surface area contributed by atoms with Crippen molar-refractivity contribution in [1.29, 1.82) is 0 Å². The highest BCUT2D eigenvalue weighted by Crippen LogP contribution is 2.40. The second-order valence-electron chi connectivity index (χ2n) is 22.2. The van der Waals surface area contributed by atoms with E-state index in [4.69, 9.17) is 16.2 Å². The number of nitrogens with zero attached hydrogens (tertiary/aromatic N) is 7. The first-order valence-electron chi connectivity index (χ1n) is 27.7. The predicted octanol–water partition coefficient (Wildman–Crippen LogP) is 6.86. The van der Waals surface area contributed by atoms with Gasteiger partial charge in [0.15, 0.2) is 5.82 Å². The third kappa shape index (κ3) is 14.9. The van der Waals surface area contributed by atoms with Crippen LogP contribution in [0.5, 0.6) is 11.5 Å². The molecular formula is C59H79N11O7S. The van der Waals surface area contributed by atoms with Crippen LogP contribution in [-0.4, -0.2) is 141 Å². The molecule has 5 atom stereocenters. The van der Waals surface area contributed by atoms with Crippen molar-refractivity contribution in [2.24, 2.45) is 11.1 Å². The normalized spacial score (nSPS) is 18.6. The van der Waals surface area contributed by atoms with Crippen molar-refractivity contribution in [3.8, 4) is 33.2 Å². The third-order valence-corrected chi connectivity index (χ3v) is 16.3. The molecule has 3 amide bonds. The van der Waals surface area contributed by atoms with E-state index >= 15 is 0 Å². The van der Waals surface area contributed by atoms with Crippen LogP contribution in [0.3, 0.4) is 0 Å². The number of hydrogen-bond donors (Lipinski definition) is 6. The first-order valence-corrected chi connectivity index (χ1v) is 28.6. The number of para-hydroxylation sites is 1. The molecule has 418 valence electrons. The number of carbonyl (C=O) groups is 4. The van der Waals surface area contributed by atoms with Crippen LogP contribution in [0.2, 0.25) is 0 Å². The minimum atomic E-state index is -0.890. The number of phenolic OH excluding ortho intramolecular Hbond substituents is 1. The molecule has 2 aromatic heterocycles. The minimum absolute atomic E-state index is 0.0106. The number of aliphatic hydroxyl groups excluding tert-OH is 1. The number of nitrogens with one attached hydrogen (secondary N) is 2. The molecule has 8 N–H and O–H groups in total. The van der Waals surface area contributed by atoms with Gasteiger partial charge in [-0.3, -0.25) is 24.1 Å². The highest BCUT2D eigenvalue weighted by atomic mass is 32.1. The fourth-order valence-electron chi connectivity index (χ4n) is 11.1. The lowest BCUT2D eigenvalue weighted by Crippen LogP contribution is -2.57. The second-order valence-corrected chi connectivity index (χ2v) is 23.0. The molecule has 3 saturated heterocycles. The van der Waals surface area contributed by atoms with Gasteiger partial charge < -0.3 is 51.8 Å². The van der Waals surface area contributed by atoms with Gasteiger partial charge in [-0.15, -0.1) is 21.5 Å². The Morgan fingerprint density at radius 1 is 0.872 bits per heavy atom. The Bertz CT molecular complexity index is 2810. The summed E-state index contributed by atoms with van der Waals surface area (Å²) in [6.07, 6.45) is 6.29. The number of aromatic nitrogens is 3. The van der Waals surface area contributed by atoms with Crippen LogP contribution >= 0.6 is 11.3 Å². The van der Waals surface area contributed by atoms with E-state index in [1.807, 2.05) is 87.8 Å². The minimum Gasteiger partial charge on any atom is -0.507 e. The number of ketones is 1. The molecule has 2 unspecified atom stereocenters. The number of ether oxygens (including phenoxy) is 1. The number of aromatic hydroxyl groups is 1. The fraction of sp³-hybridized carbons (Fsp3) is 0.508. The smallest absolute Gasteiger partial charge is 0.246 e. The Morgan fingerprint density at radius 2 is 1.60 bits per heavy atom. The fourth-order valence-corrected chi connectivity index (χ4v) is 11.9. The number of Topliss-reactive ketones (excluding diaryl/α,β-unsaturated/α-hetero) is 1. The van der Waals surface area contributed by atoms with E-state index in [0.29, 0.717) is 62.6 Å². The molecule has 19 heteroatoms. The van der Waals surface area contributed by atoms with E-state index in [2.05, 4.69) is 52.6 Å². The molecule has 0 aliphatic carbocycles. The monoisotopic (exact) mass is 1090 g/mol. The molecule has 5 heterocycles. The Morgan fingerprint density at radius 3 is 2.31 bits per heavy atom. The van der Waals surface area contributed by atoms with Gasteiger partial charge in [-0.05, 0) is 92.4 Å². The maximum Gasteiger partial charge on any atom is 0.246 e. The predicted molar refractivity (Wildman–Crippen MR) is 306 cm³/mol. The number of nitrogens with two attached hydrogens (primary N) is 2. The molecule has 18 nitrogen and oxygen atoms in total. The van der Waals surface area contributed by atoms with Crippen LogP contribution in [0, 0.1) is 12.3 Å². The molecule has 5 aromatic rings. The highest BCUT2D eigenvalue weighted by molar-refractivity contribution is 7.13. The van der Waals surface area contributed by atoms with E-state index in [-0.39, 0.29) is 67.3 Å². The molecule has 0 radical (unpaired) electrons. The summed E-state index contributed by atoms with van der Waals surface area (Å²) in [5.41, 5.74) is 19.6. The zero-order valence-electron chi connectivity index (χ0n) is 45.7. The van der Waals surface area contributed by atoms with E-state index in [9.17, 15) is 29.4 Å². The Hall–Kier alpha value is -6.67. The highest BCUT2D eigenvalue weighted by Gasteiger charge is 2.45. The molecule has 3 aromatic carbocycles. The number of likely N-dealkylation sites (tertiary alicyclic amines) is 1. The number of aryl methyl sites for hydroxylation is 1. The van der Waals surface area contributed by atoms with Crippen molar-refractivity contribution in [1.82, 2.24) is 35.6 Å². The van der Waals surface area contributed by atoms with Crippen molar-refractivity contribution in [2.75, 3.05) is 68.0 Å². The summed E-state index contributed by atoms with van der Waals surface area (Å²) in [7, 11) is 0. The number of phenols is 1. The molecule has 3 aliphatic heterocycles. The Kier molecular flexibility index (Phi) is 19.8. The van der Waals surface area contributed by atoms with Gasteiger partial charge in [-0.2, -0.15) is 0 Å². The van der Waals surface area contributed by atoms with Gasteiger partial charge in [0.05, 0.1) is 33.6 Å². The lowest BCUT2D eigenvalue weighted by atomic mass is 9.85. The van der Waals surface area contributed by atoms with Crippen LogP contribution in [0.15, 0.2) is 84.4 Å². The zero-order valence-corrected chi connectivity index (χ0v) is 46.6. The summed E-state index contributed by atoms with van der Waals surface area (Å²) in [6.45, 7) is 12.6. The number of rotatable bonds is 26. The quantitative estimate of drug-likeness (QED) is 0.0310. The first-order chi connectivity index (χ1) is 37.6. The Balaban J connectivity index is 0.708. The van der Waals surface area contributed by atoms with Crippen molar-refractivity contribution in [3.63, 3.8) is 0 Å². The number of nitrogen functional groups attached to an aromatic ring is 1. The number of unbranched alkanes of at least 4 members (excludes halogenated alkanes) is 3. The number of benzene rings is 3. The van der Waals surface area contributed by atoms with Crippen LogP contribution in [-0.2, 0) is 25.7 Å². The van der Waals surface area contributed by atoms with E-state index in [1.54, 1.807) is 23.5 Å². The average molecular weight is 1090 g/mol. The van der Waals surface area contributed by atoms with Crippen molar-refractivity contribution >= 4 is 52.0 Å². The van der Waals surface area contributed by atoms with E-state index in [1.165, 1.54) is 4.90 Å². The van der Waals surface area contributed by atoms with Crippen molar-refractivity contribution < 1.29 is 34.1 Å². The lowest BCUT2D eigenvalue weighted by molar-refractivity contribution is -0.144. The van der Waals surface area contributed by atoms with Crippen LogP contribution in [0.1, 0.15) is 103 Å². The largest absolute Gasteiger partial charge is 0.507 e. The number of anilines is 3. The van der Waals surface area contributed by atoms with Crippen LogP contribution in [0.25, 0.3) is 21.7 Å². The number of amides is 3. The first kappa shape index (κ1) is 57.5. The molecule has 3 fully saturated rings. The van der Waals surface area contributed by atoms with Gasteiger partial charge in [0.2, 0.25) is 17.7 Å². The van der Waals surface area contributed by atoms with E-state index < -0.39 is 23.6 Å². The van der Waals surface area contributed by atoms with Gasteiger partial charge in [-0.25, -0.2) is 4.98 Å². The average Bonchev–Trinajstić information content (AvgIpc) is 4.24. The van der Waals surface area contributed by atoms with Gasteiger partial charge in [-0.1, -0.05) is 76.1 Å². The Labute approximate surface area is 462 Å². The number of thiazole rings is 1. The molecule has 8 rings (SSSR count). The number of aliphatic hydroxyl groups is 1. The molecule has 0 spiro atoms. The SMILES string of the molecule is Cc1ncsc1-c1ccc(CNC(=O)[C@@H]2C[C@@H](O)CN2C(=O)[C@H](NC(=O)CCCCCCC(=O)CCCN(CCN)CCOc2cccc(N3C4CCC3CN(c3cc(-c5ccccc5O)nnc3N)C4)c2)C(C)(C)C)cc1. The summed E-state index contributed by atoms with van der Waals surface area (Å²) in [5, 5.41) is 35.5. The maximum atomic E-state index is 14.1. The van der Waals surface area contributed by atoms with Gasteiger partial charge in [0.1, 0.15) is 36.0 Å². The topological polar surface area (TPSA) is 246 Å². The molecule has 2 bridgehead atoms. The third-order valence-electron chi connectivity index (χ3n) is 15.3. The van der Waals surface area contributed by atoms with Crippen LogP contribution in [0.4, 0.5) is 17.2 Å². The van der Waals surface area contributed by atoms with Gasteiger partial charge in [0.25, 0.3) is 0 Å². The summed E-state index contributed by atoms with van der Waals surface area (Å²) in [4.78, 5) is 67.7. The van der Waals surface area contributed by atoms with E-state index in [0.717, 1.165) is 97.0 Å². The van der Waals surface area contributed by atoms with Gasteiger partial charge in [0, 0.05) is 101 Å². The molecule has 0 saturated carbocycles. The number of fused-ring (bicyclic) bond motifs is 2. The summed E-state index contributed by atoms with van der Waals surface area (Å²) < 4.78 is 6.31.